The van der Waals surface area contributed by atoms with E-state index in [1.807, 2.05) is 0 Å². The number of carbonyl (C=O) groups is 1. The lowest BCUT2D eigenvalue weighted by atomic mass is 10.1. The first-order valence-corrected chi connectivity index (χ1v) is 9.28. The Labute approximate surface area is 149 Å². The number of likely N-dealkylation sites (N-methyl/N-ethyl adjacent to an activating group) is 1. The molecule has 0 aromatic carbocycles. The molecule has 1 atom stereocenters. The van der Waals surface area contributed by atoms with Crippen molar-refractivity contribution in [3.05, 3.63) is 22.6 Å². The third kappa shape index (κ3) is 4.60. The van der Waals surface area contributed by atoms with Crippen LogP contribution in [0.3, 0.4) is 0 Å². The molecule has 3 rings (SSSR count). The Morgan fingerprint density at radius 3 is 2.84 bits per heavy atom. The number of rotatable bonds is 6. The molecule has 0 bridgehead atoms. The number of hydrogen-bond donors (Lipinski definition) is 1. The van der Waals surface area contributed by atoms with Gasteiger partial charge in [-0.3, -0.25) is 14.5 Å². The van der Waals surface area contributed by atoms with Crippen LogP contribution in [-0.2, 0) is 11.8 Å². The highest BCUT2D eigenvalue weighted by Gasteiger charge is 2.25. The largest absolute Gasteiger partial charge is 0.370 e. The first-order chi connectivity index (χ1) is 12.0. The lowest BCUT2D eigenvalue weighted by molar-refractivity contribution is -0.122. The Morgan fingerprint density at radius 1 is 1.36 bits per heavy atom. The van der Waals surface area contributed by atoms with E-state index < -0.39 is 0 Å². The molecule has 0 unspecified atom stereocenters. The van der Waals surface area contributed by atoms with E-state index in [1.165, 1.54) is 30.4 Å². The first kappa shape index (κ1) is 17.9. The molecule has 2 fully saturated rings. The monoisotopic (exact) mass is 347 g/mol. The number of aryl methyl sites for hydroxylation is 1. The van der Waals surface area contributed by atoms with E-state index in [-0.39, 0.29) is 11.5 Å². The summed E-state index contributed by atoms with van der Waals surface area (Å²) in [5.74, 6) is 0.535. The molecule has 1 saturated heterocycles. The first-order valence-electron chi connectivity index (χ1n) is 9.28. The summed E-state index contributed by atoms with van der Waals surface area (Å²) in [4.78, 5) is 28.3. The fourth-order valence-electron chi connectivity index (χ4n) is 3.88. The average molecular weight is 347 g/mol. The number of hydrogen-bond acceptors (Lipinski definition) is 5. The molecule has 1 amide bonds. The fraction of sp³-hybridized carbons (Fsp3) is 0.722. The molecule has 25 heavy (non-hydrogen) atoms. The van der Waals surface area contributed by atoms with Crippen LogP contribution in [0.25, 0.3) is 0 Å². The lowest BCUT2D eigenvalue weighted by Gasteiger charge is -2.23. The number of nitrogens with one attached hydrogen (secondary N) is 1. The number of aromatic nitrogens is 2. The molecule has 1 aromatic rings. The van der Waals surface area contributed by atoms with Crippen molar-refractivity contribution in [2.75, 3.05) is 38.1 Å². The van der Waals surface area contributed by atoms with E-state index in [9.17, 15) is 9.59 Å². The summed E-state index contributed by atoms with van der Waals surface area (Å²) in [6.45, 7) is 2.94. The van der Waals surface area contributed by atoms with E-state index in [0.29, 0.717) is 25.0 Å². The predicted octanol–water partition coefficient (Wildman–Crippen LogP) is 0.597. The van der Waals surface area contributed by atoms with Gasteiger partial charge in [-0.15, -0.1) is 0 Å². The fourth-order valence-corrected chi connectivity index (χ4v) is 3.88. The molecule has 0 radical (unpaired) electrons. The van der Waals surface area contributed by atoms with Crippen molar-refractivity contribution in [3.8, 4) is 0 Å². The number of amides is 1. The second-order valence-corrected chi connectivity index (χ2v) is 7.43. The quantitative estimate of drug-likeness (QED) is 0.816. The molecule has 2 aliphatic rings. The SMILES string of the molecule is CN(CC(=O)NC[C@@H]1CCN(c2cnn(C)c(=O)c2)C1)C1CCCC1. The smallest absolute Gasteiger partial charge is 0.268 e. The van der Waals surface area contributed by atoms with Gasteiger partial charge in [0.2, 0.25) is 5.91 Å². The van der Waals surface area contributed by atoms with Crippen LogP contribution >= 0.6 is 0 Å². The molecule has 1 saturated carbocycles. The van der Waals surface area contributed by atoms with Gasteiger partial charge < -0.3 is 10.2 Å². The van der Waals surface area contributed by atoms with E-state index in [4.69, 9.17) is 0 Å². The maximum absolute atomic E-state index is 12.2. The van der Waals surface area contributed by atoms with Crippen LogP contribution in [0.2, 0.25) is 0 Å². The third-order valence-electron chi connectivity index (χ3n) is 5.53. The summed E-state index contributed by atoms with van der Waals surface area (Å²) >= 11 is 0. The Hall–Kier alpha value is -1.89. The van der Waals surface area contributed by atoms with Gasteiger partial charge >= 0.3 is 0 Å². The zero-order chi connectivity index (χ0) is 17.8. The molecular formula is C18H29N5O2. The van der Waals surface area contributed by atoms with E-state index >= 15 is 0 Å². The van der Waals surface area contributed by atoms with Gasteiger partial charge in [0.15, 0.2) is 0 Å². The van der Waals surface area contributed by atoms with Gasteiger partial charge in [-0.25, -0.2) is 4.68 Å². The molecule has 1 aliphatic carbocycles. The number of carbonyl (C=O) groups excluding carboxylic acids is 1. The minimum absolute atomic E-state index is 0.0933. The summed E-state index contributed by atoms with van der Waals surface area (Å²) in [5.41, 5.74) is 0.780. The highest BCUT2D eigenvalue weighted by atomic mass is 16.2. The third-order valence-corrected chi connectivity index (χ3v) is 5.53. The van der Waals surface area contributed by atoms with Crippen molar-refractivity contribution in [2.45, 2.75) is 38.1 Å². The second kappa shape index (κ2) is 7.99. The predicted molar refractivity (Wildman–Crippen MR) is 97.7 cm³/mol. The minimum atomic E-state index is -0.0933. The lowest BCUT2D eigenvalue weighted by Crippen LogP contribution is -2.41. The molecule has 2 heterocycles. The van der Waals surface area contributed by atoms with Gasteiger partial charge in [0.25, 0.3) is 5.56 Å². The van der Waals surface area contributed by atoms with Crippen molar-refractivity contribution in [1.29, 1.82) is 0 Å². The Morgan fingerprint density at radius 2 is 2.12 bits per heavy atom. The van der Waals surface area contributed by atoms with Gasteiger partial charge in [-0.1, -0.05) is 12.8 Å². The van der Waals surface area contributed by atoms with Gasteiger partial charge in [-0.2, -0.15) is 5.10 Å². The van der Waals surface area contributed by atoms with Crippen LogP contribution in [0, 0.1) is 5.92 Å². The summed E-state index contributed by atoms with van der Waals surface area (Å²) in [6, 6.07) is 2.20. The number of anilines is 1. The number of nitrogens with zero attached hydrogens (tertiary/aromatic N) is 4. The normalized spacial score (nSPS) is 21.2. The molecule has 7 heteroatoms. The molecule has 0 spiro atoms. The average Bonchev–Trinajstić information content (AvgIpc) is 3.27. The molecule has 1 aromatic heterocycles. The zero-order valence-electron chi connectivity index (χ0n) is 15.3. The maximum Gasteiger partial charge on any atom is 0.268 e. The zero-order valence-corrected chi connectivity index (χ0v) is 15.3. The van der Waals surface area contributed by atoms with Crippen LogP contribution in [-0.4, -0.2) is 59.9 Å². The van der Waals surface area contributed by atoms with Crippen LogP contribution in [0.4, 0.5) is 5.69 Å². The van der Waals surface area contributed by atoms with Crippen molar-refractivity contribution < 1.29 is 4.79 Å². The standard InChI is InChI=1S/C18H29N5O2/c1-21(15-5-3-4-6-15)13-17(24)19-10-14-7-8-23(12-14)16-9-18(25)22(2)20-11-16/h9,11,14-15H,3-8,10,12-13H2,1-2H3,(H,19,24)/t14-/m0/s1. The van der Waals surface area contributed by atoms with Gasteiger partial charge in [0.1, 0.15) is 0 Å². The Kier molecular flexibility index (Phi) is 5.73. The summed E-state index contributed by atoms with van der Waals surface area (Å²) in [6.07, 6.45) is 7.75. The highest BCUT2D eigenvalue weighted by molar-refractivity contribution is 5.78. The minimum Gasteiger partial charge on any atom is -0.370 e. The molecule has 1 aliphatic heterocycles. The van der Waals surface area contributed by atoms with Crippen molar-refractivity contribution in [1.82, 2.24) is 20.0 Å². The summed E-state index contributed by atoms with van der Waals surface area (Å²) in [5, 5.41) is 7.16. The van der Waals surface area contributed by atoms with Crippen LogP contribution in [0.15, 0.2) is 17.1 Å². The Balaban J connectivity index is 1.42. The maximum atomic E-state index is 12.2. The molecule has 7 nitrogen and oxygen atoms in total. The molecule has 1 N–H and O–H groups in total. The summed E-state index contributed by atoms with van der Waals surface area (Å²) in [7, 11) is 3.70. The van der Waals surface area contributed by atoms with Gasteiger partial charge in [0.05, 0.1) is 18.4 Å². The van der Waals surface area contributed by atoms with Gasteiger partial charge in [0, 0.05) is 38.8 Å². The molecule has 138 valence electrons. The van der Waals surface area contributed by atoms with E-state index in [1.54, 1.807) is 19.3 Å². The van der Waals surface area contributed by atoms with Crippen molar-refractivity contribution in [2.24, 2.45) is 13.0 Å². The van der Waals surface area contributed by atoms with Gasteiger partial charge in [-0.05, 0) is 32.2 Å². The van der Waals surface area contributed by atoms with E-state index in [0.717, 1.165) is 25.2 Å². The molecular weight excluding hydrogens is 318 g/mol. The van der Waals surface area contributed by atoms with Crippen LogP contribution in [0.1, 0.15) is 32.1 Å². The topological polar surface area (TPSA) is 70.5 Å². The van der Waals surface area contributed by atoms with E-state index in [2.05, 4.69) is 27.3 Å². The Bertz CT molecular complexity index is 653. The van der Waals surface area contributed by atoms with Crippen LogP contribution in [0.5, 0.6) is 0 Å². The highest BCUT2D eigenvalue weighted by Crippen LogP contribution is 2.23. The van der Waals surface area contributed by atoms with Crippen molar-refractivity contribution in [3.63, 3.8) is 0 Å². The van der Waals surface area contributed by atoms with Crippen molar-refractivity contribution >= 4 is 11.6 Å². The summed E-state index contributed by atoms with van der Waals surface area (Å²) < 4.78 is 1.33. The van der Waals surface area contributed by atoms with Crippen LogP contribution < -0.4 is 15.8 Å². The second-order valence-electron chi connectivity index (χ2n) is 7.43.